The highest BCUT2D eigenvalue weighted by Gasteiger charge is 2.31. The average Bonchev–Trinajstić information content (AvgIpc) is 3.26. The molecular weight excluding hydrogens is 452 g/mol. The van der Waals surface area contributed by atoms with Crippen molar-refractivity contribution in [2.75, 3.05) is 0 Å². The molecule has 0 radical (unpaired) electrons. The second kappa shape index (κ2) is 9.15. The van der Waals surface area contributed by atoms with Gasteiger partial charge in [-0.25, -0.2) is 0 Å². The molecule has 6 rings (SSSR count). The van der Waals surface area contributed by atoms with Crippen LogP contribution in [0, 0.1) is 0 Å². The van der Waals surface area contributed by atoms with E-state index in [1.807, 2.05) is 12.2 Å². The number of allylic oxidation sites excluding steroid dienone is 2. The molecule has 3 heterocycles. The van der Waals surface area contributed by atoms with Crippen molar-refractivity contribution in [3.8, 4) is 0 Å². The first-order valence-electron chi connectivity index (χ1n) is 13.1. The number of benzene rings is 3. The van der Waals surface area contributed by atoms with Crippen LogP contribution in [0.5, 0.6) is 0 Å². The van der Waals surface area contributed by atoms with Crippen molar-refractivity contribution < 1.29 is 4.42 Å². The predicted molar refractivity (Wildman–Crippen MR) is 156 cm³/mol. The fraction of sp³-hybridized carbons (Fsp3) is 0.235. The standard InChI is InChI=1S/C34H32N2O/c1-6-30-25-11-9-8-10-24(25)26-14-12-23-18-34-29(28-17-22(20(3)4)13-15-33(28)37-34)19-27(23)31(7-2)35-21(5)16-32(26)36-30/h6-11,13,15,17-20,26,32H,1-2,5,12,14,16H2,3-4H3. The Morgan fingerprint density at radius 2 is 1.70 bits per heavy atom. The van der Waals surface area contributed by atoms with Crippen LogP contribution >= 0.6 is 0 Å². The van der Waals surface area contributed by atoms with Gasteiger partial charge in [0.2, 0.25) is 0 Å². The number of hydrogen-bond acceptors (Lipinski definition) is 3. The van der Waals surface area contributed by atoms with Gasteiger partial charge < -0.3 is 4.42 Å². The third kappa shape index (κ3) is 3.99. The Labute approximate surface area is 218 Å². The minimum Gasteiger partial charge on any atom is -0.456 e. The number of hydrogen-bond donors (Lipinski definition) is 0. The number of fused-ring (bicyclic) bond motifs is 7. The summed E-state index contributed by atoms with van der Waals surface area (Å²) in [5, 5.41) is 2.27. The molecule has 0 amide bonds. The molecule has 37 heavy (non-hydrogen) atoms. The maximum atomic E-state index is 6.35. The summed E-state index contributed by atoms with van der Waals surface area (Å²) in [5.41, 5.74) is 10.6. The van der Waals surface area contributed by atoms with Gasteiger partial charge >= 0.3 is 0 Å². The Morgan fingerprint density at radius 3 is 2.49 bits per heavy atom. The summed E-state index contributed by atoms with van der Waals surface area (Å²) in [6, 6.07) is 19.7. The topological polar surface area (TPSA) is 37.9 Å². The molecule has 3 heteroatoms. The van der Waals surface area contributed by atoms with E-state index in [-0.39, 0.29) is 12.0 Å². The van der Waals surface area contributed by atoms with E-state index >= 15 is 0 Å². The maximum absolute atomic E-state index is 6.35. The van der Waals surface area contributed by atoms with Crippen LogP contribution in [0.4, 0.5) is 0 Å². The lowest BCUT2D eigenvalue weighted by molar-refractivity contribution is 0.490. The Hall–Kier alpha value is -3.98. The van der Waals surface area contributed by atoms with Gasteiger partial charge in [-0.1, -0.05) is 63.9 Å². The van der Waals surface area contributed by atoms with Gasteiger partial charge in [0.25, 0.3) is 0 Å². The van der Waals surface area contributed by atoms with Crippen LogP contribution in [-0.2, 0) is 6.42 Å². The Morgan fingerprint density at radius 1 is 0.919 bits per heavy atom. The van der Waals surface area contributed by atoms with Crippen molar-refractivity contribution in [1.29, 1.82) is 0 Å². The molecule has 0 saturated heterocycles. The third-order valence-electron chi connectivity index (χ3n) is 7.90. The summed E-state index contributed by atoms with van der Waals surface area (Å²) in [7, 11) is 0. The van der Waals surface area contributed by atoms with Crippen molar-refractivity contribution in [2.45, 2.75) is 51.0 Å². The van der Waals surface area contributed by atoms with Gasteiger partial charge in [0.15, 0.2) is 0 Å². The van der Waals surface area contributed by atoms with Crippen LogP contribution < -0.4 is 0 Å². The van der Waals surface area contributed by atoms with Crippen LogP contribution in [-0.4, -0.2) is 17.5 Å². The van der Waals surface area contributed by atoms with Crippen LogP contribution in [0.1, 0.15) is 66.3 Å². The molecule has 2 aliphatic heterocycles. The first kappa shape index (κ1) is 23.4. The lowest BCUT2D eigenvalue weighted by Crippen LogP contribution is -2.27. The molecule has 0 spiro atoms. The fourth-order valence-corrected chi connectivity index (χ4v) is 5.97. The SMILES string of the molecule is C=CC1=NC(=C)CC2N=C(C=C)c3ccccc3C2CCc2cc3oc4ccc(C(C)C)cc4c3cc21. The van der Waals surface area contributed by atoms with Crippen molar-refractivity contribution in [1.82, 2.24) is 0 Å². The average molecular weight is 485 g/mol. The zero-order chi connectivity index (χ0) is 25.7. The highest BCUT2D eigenvalue weighted by molar-refractivity contribution is 6.14. The quantitative estimate of drug-likeness (QED) is 0.287. The van der Waals surface area contributed by atoms with Crippen molar-refractivity contribution in [3.05, 3.63) is 120 Å². The number of aryl methyl sites for hydroxylation is 1. The van der Waals surface area contributed by atoms with Crippen molar-refractivity contribution in [3.63, 3.8) is 0 Å². The zero-order valence-electron chi connectivity index (χ0n) is 21.6. The number of rotatable bonds is 3. The van der Waals surface area contributed by atoms with E-state index in [2.05, 4.69) is 88.2 Å². The summed E-state index contributed by atoms with van der Waals surface area (Å²) in [5.74, 6) is 0.736. The second-order valence-corrected chi connectivity index (χ2v) is 10.5. The van der Waals surface area contributed by atoms with E-state index < -0.39 is 0 Å². The number of nitrogens with zero attached hydrogens (tertiary/aromatic N) is 2. The first-order valence-corrected chi connectivity index (χ1v) is 13.1. The van der Waals surface area contributed by atoms with Crippen LogP contribution in [0.3, 0.4) is 0 Å². The van der Waals surface area contributed by atoms with E-state index in [1.54, 1.807) is 0 Å². The van der Waals surface area contributed by atoms with Crippen molar-refractivity contribution in [2.24, 2.45) is 9.98 Å². The maximum Gasteiger partial charge on any atom is 0.135 e. The van der Waals surface area contributed by atoms with Crippen LogP contribution in [0.25, 0.3) is 21.9 Å². The van der Waals surface area contributed by atoms with E-state index in [4.69, 9.17) is 14.4 Å². The molecule has 0 bridgehead atoms. The highest BCUT2D eigenvalue weighted by atomic mass is 16.3. The van der Waals surface area contributed by atoms with Gasteiger partial charge in [0.1, 0.15) is 11.2 Å². The minimum absolute atomic E-state index is 0.0798. The fourth-order valence-electron chi connectivity index (χ4n) is 5.97. The monoisotopic (exact) mass is 484 g/mol. The molecule has 3 aromatic carbocycles. The Balaban J connectivity index is 1.52. The molecule has 2 aliphatic rings. The molecule has 2 unspecified atom stereocenters. The van der Waals surface area contributed by atoms with Gasteiger partial charge in [0, 0.05) is 39.9 Å². The van der Waals surface area contributed by atoms with Gasteiger partial charge in [0.05, 0.1) is 17.5 Å². The minimum atomic E-state index is 0.0798. The molecule has 0 aliphatic carbocycles. The zero-order valence-corrected chi connectivity index (χ0v) is 21.6. The van der Waals surface area contributed by atoms with Crippen LogP contribution in [0.2, 0.25) is 0 Å². The summed E-state index contributed by atoms with van der Waals surface area (Å²) < 4.78 is 6.35. The predicted octanol–water partition coefficient (Wildman–Crippen LogP) is 8.68. The van der Waals surface area contributed by atoms with Gasteiger partial charge in [-0.3, -0.25) is 9.98 Å². The summed E-state index contributed by atoms with van der Waals surface area (Å²) in [6.07, 6.45) is 6.30. The molecule has 3 nitrogen and oxygen atoms in total. The van der Waals surface area contributed by atoms with E-state index in [0.29, 0.717) is 12.3 Å². The molecular formula is C34H32N2O. The molecule has 0 saturated carbocycles. The Kier molecular flexibility index (Phi) is 5.79. The molecule has 1 aromatic heterocycles. The van der Waals surface area contributed by atoms with Gasteiger partial charge in [-0.15, -0.1) is 0 Å². The molecule has 0 fully saturated rings. The molecule has 2 atom stereocenters. The molecule has 184 valence electrons. The van der Waals surface area contributed by atoms with Gasteiger partial charge in [-0.2, -0.15) is 0 Å². The van der Waals surface area contributed by atoms with E-state index in [0.717, 1.165) is 57.5 Å². The summed E-state index contributed by atoms with van der Waals surface area (Å²) in [4.78, 5) is 10.1. The normalized spacial score (nSPS) is 19.6. The highest BCUT2D eigenvalue weighted by Crippen LogP contribution is 2.40. The van der Waals surface area contributed by atoms with Gasteiger partial charge in [-0.05, 0) is 71.9 Å². The van der Waals surface area contributed by atoms with E-state index in [9.17, 15) is 0 Å². The number of aliphatic imine (C=N–C) groups is 2. The lowest BCUT2D eigenvalue weighted by atomic mass is 9.78. The lowest BCUT2D eigenvalue weighted by Gasteiger charge is -2.32. The third-order valence-corrected chi connectivity index (χ3v) is 7.90. The number of furan rings is 1. The van der Waals surface area contributed by atoms with Crippen molar-refractivity contribution >= 4 is 33.4 Å². The second-order valence-electron chi connectivity index (χ2n) is 10.5. The largest absolute Gasteiger partial charge is 0.456 e. The summed E-state index contributed by atoms with van der Waals surface area (Å²) in [6.45, 7) is 16.9. The Bertz CT molecular complexity index is 1650. The molecule has 0 N–H and O–H groups in total. The smallest absolute Gasteiger partial charge is 0.135 e. The first-order chi connectivity index (χ1) is 18.0. The molecule has 4 aromatic rings. The van der Waals surface area contributed by atoms with Crippen LogP contribution in [0.15, 0.2) is 107 Å². The summed E-state index contributed by atoms with van der Waals surface area (Å²) >= 11 is 0. The van der Waals surface area contributed by atoms with E-state index in [1.165, 1.54) is 22.3 Å².